The Kier molecular flexibility index (Phi) is 3.00. The predicted octanol–water partition coefficient (Wildman–Crippen LogP) is 1.97. The van der Waals surface area contributed by atoms with E-state index in [-0.39, 0.29) is 6.04 Å². The fourth-order valence-electron chi connectivity index (χ4n) is 2.50. The Bertz CT molecular complexity index is 800. The van der Waals surface area contributed by atoms with Crippen molar-refractivity contribution in [3.63, 3.8) is 0 Å². The van der Waals surface area contributed by atoms with Crippen LogP contribution in [0.2, 0.25) is 0 Å². The zero-order valence-corrected chi connectivity index (χ0v) is 12.4. The lowest BCUT2D eigenvalue weighted by Crippen LogP contribution is -2.35. The second-order valence-electron chi connectivity index (χ2n) is 5.50. The third kappa shape index (κ3) is 2.19. The zero-order valence-electron chi connectivity index (χ0n) is 12.4. The third-order valence-electron chi connectivity index (χ3n) is 3.80. The van der Waals surface area contributed by atoms with Crippen LogP contribution in [0.15, 0.2) is 28.9 Å². The summed E-state index contributed by atoms with van der Waals surface area (Å²) >= 11 is 0. The van der Waals surface area contributed by atoms with Crippen LogP contribution >= 0.6 is 0 Å². The molecular formula is C15H16N6O. The Morgan fingerprint density at radius 3 is 2.77 bits per heavy atom. The first-order valence-corrected chi connectivity index (χ1v) is 7.28. The number of hydrogen-bond donors (Lipinski definition) is 1. The fraction of sp³-hybridized carbons (Fsp3) is 0.333. The number of aryl methyl sites for hydroxylation is 2. The van der Waals surface area contributed by atoms with E-state index in [4.69, 9.17) is 4.52 Å². The Labute approximate surface area is 127 Å². The molecule has 0 saturated carbocycles. The van der Waals surface area contributed by atoms with Crippen LogP contribution in [0.4, 0.5) is 0 Å². The molecule has 1 fully saturated rings. The third-order valence-corrected chi connectivity index (χ3v) is 3.80. The quantitative estimate of drug-likeness (QED) is 0.795. The number of nitrogens with one attached hydrogen (secondary N) is 1. The van der Waals surface area contributed by atoms with E-state index in [1.165, 1.54) is 0 Å². The maximum absolute atomic E-state index is 5.29. The van der Waals surface area contributed by atoms with Gasteiger partial charge in [0.1, 0.15) is 0 Å². The number of nitrogens with zero attached hydrogens (tertiary/aromatic N) is 5. The molecule has 3 aromatic heterocycles. The SMILES string of the molecule is Cc1cc(C)n(-c2ccc(-c3noc([C@H]4CCN4)n3)cn2)n1. The summed E-state index contributed by atoms with van der Waals surface area (Å²) in [5.74, 6) is 1.98. The molecule has 0 unspecified atom stereocenters. The smallest absolute Gasteiger partial charge is 0.244 e. The molecule has 0 spiro atoms. The summed E-state index contributed by atoms with van der Waals surface area (Å²) in [6, 6.07) is 6.06. The molecule has 0 amide bonds. The minimum Gasteiger partial charge on any atom is -0.337 e. The summed E-state index contributed by atoms with van der Waals surface area (Å²) in [5.41, 5.74) is 2.86. The van der Waals surface area contributed by atoms with Gasteiger partial charge in [-0.15, -0.1) is 0 Å². The second kappa shape index (κ2) is 5.03. The molecule has 3 aromatic rings. The molecule has 7 nitrogen and oxygen atoms in total. The molecule has 22 heavy (non-hydrogen) atoms. The molecule has 0 aliphatic carbocycles. The first kappa shape index (κ1) is 13.1. The van der Waals surface area contributed by atoms with Gasteiger partial charge in [0.05, 0.1) is 11.7 Å². The van der Waals surface area contributed by atoms with Gasteiger partial charge >= 0.3 is 0 Å². The van der Waals surface area contributed by atoms with Gasteiger partial charge in [-0.3, -0.25) is 0 Å². The van der Waals surface area contributed by atoms with Crippen LogP contribution in [-0.2, 0) is 0 Å². The number of aromatic nitrogens is 5. The Hall–Kier alpha value is -2.54. The molecule has 0 radical (unpaired) electrons. The van der Waals surface area contributed by atoms with E-state index in [9.17, 15) is 0 Å². The molecule has 112 valence electrons. The highest BCUT2D eigenvalue weighted by atomic mass is 16.5. The van der Waals surface area contributed by atoms with Crippen LogP contribution in [0.3, 0.4) is 0 Å². The summed E-state index contributed by atoms with van der Waals surface area (Å²) in [5, 5.41) is 11.7. The molecule has 1 aliphatic heterocycles. The molecule has 1 saturated heterocycles. The lowest BCUT2D eigenvalue weighted by molar-refractivity contribution is 0.273. The monoisotopic (exact) mass is 296 g/mol. The van der Waals surface area contributed by atoms with Crippen LogP contribution in [0.5, 0.6) is 0 Å². The van der Waals surface area contributed by atoms with Gasteiger partial charge in [-0.05, 0) is 45.0 Å². The predicted molar refractivity (Wildman–Crippen MR) is 79.5 cm³/mol. The van der Waals surface area contributed by atoms with Gasteiger partial charge in [0.2, 0.25) is 11.7 Å². The molecule has 4 heterocycles. The van der Waals surface area contributed by atoms with Crippen molar-refractivity contribution in [2.24, 2.45) is 0 Å². The fourth-order valence-corrected chi connectivity index (χ4v) is 2.50. The highest BCUT2D eigenvalue weighted by molar-refractivity contribution is 5.53. The van der Waals surface area contributed by atoms with Gasteiger partial charge in [-0.2, -0.15) is 10.1 Å². The Balaban J connectivity index is 1.61. The zero-order chi connectivity index (χ0) is 15.1. The van der Waals surface area contributed by atoms with E-state index in [1.54, 1.807) is 6.20 Å². The van der Waals surface area contributed by atoms with Crippen LogP contribution in [0.1, 0.15) is 29.7 Å². The normalized spacial score (nSPS) is 17.5. The largest absolute Gasteiger partial charge is 0.337 e. The number of pyridine rings is 1. The van der Waals surface area contributed by atoms with Crippen LogP contribution in [0, 0.1) is 13.8 Å². The van der Waals surface area contributed by atoms with E-state index in [1.807, 2.05) is 36.7 Å². The average molecular weight is 296 g/mol. The minimum absolute atomic E-state index is 0.197. The van der Waals surface area contributed by atoms with Gasteiger partial charge in [0, 0.05) is 17.5 Å². The topological polar surface area (TPSA) is 81.7 Å². The van der Waals surface area contributed by atoms with Crippen molar-refractivity contribution < 1.29 is 4.52 Å². The molecule has 1 aliphatic rings. The lowest BCUT2D eigenvalue weighted by Gasteiger charge is -2.23. The number of hydrogen-bond acceptors (Lipinski definition) is 6. The minimum atomic E-state index is 0.197. The molecule has 0 aromatic carbocycles. The second-order valence-corrected chi connectivity index (χ2v) is 5.50. The Morgan fingerprint density at radius 2 is 2.18 bits per heavy atom. The summed E-state index contributed by atoms with van der Waals surface area (Å²) < 4.78 is 7.11. The van der Waals surface area contributed by atoms with E-state index < -0.39 is 0 Å². The molecule has 4 rings (SSSR count). The van der Waals surface area contributed by atoms with Crippen LogP contribution < -0.4 is 5.32 Å². The molecule has 1 N–H and O–H groups in total. The van der Waals surface area contributed by atoms with Crippen LogP contribution in [0.25, 0.3) is 17.2 Å². The van der Waals surface area contributed by atoms with Gasteiger partial charge < -0.3 is 9.84 Å². The van der Waals surface area contributed by atoms with Crippen molar-refractivity contribution in [2.75, 3.05) is 6.54 Å². The summed E-state index contributed by atoms with van der Waals surface area (Å²) in [7, 11) is 0. The number of rotatable bonds is 3. The average Bonchev–Trinajstić information content (AvgIpc) is 3.04. The van der Waals surface area contributed by atoms with Crippen LogP contribution in [-0.4, -0.2) is 31.4 Å². The maximum atomic E-state index is 5.29. The van der Waals surface area contributed by atoms with Crippen molar-refractivity contribution in [3.8, 4) is 17.2 Å². The highest BCUT2D eigenvalue weighted by Crippen LogP contribution is 2.24. The van der Waals surface area contributed by atoms with Crippen molar-refractivity contribution >= 4 is 0 Å². The summed E-state index contributed by atoms with van der Waals surface area (Å²) in [4.78, 5) is 8.87. The Morgan fingerprint density at radius 1 is 1.32 bits per heavy atom. The van der Waals surface area contributed by atoms with Crippen molar-refractivity contribution in [1.82, 2.24) is 30.2 Å². The molecule has 0 bridgehead atoms. The van der Waals surface area contributed by atoms with Gasteiger partial charge in [-0.25, -0.2) is 9.67 Å². The molecule has 7 heteroatoms. The molecule has 1 atom stereocenters. The van der Waals surface area contributed by atoms with Crippen molar-refractivity contribution in [1.29, 1.82) is 0 Å². The van der Waals surface area contributed by atoms with E-state index >= 15 is 0 Å². The van der Waals surface area contributed by atoms with E-state index in [0.717, 1.165) is 35.7 Å². The van der Waals surface area contributed by atoms with Gasteiger partial charge in [0.25, 0.3) is 0 Å². The van der Waals surface area contributed by atoms with Crippen molar-refractivity contribution in [2.45, 2.75) is 26.3 Å². The summed E-state index contributed by atoms with van der Waals surface area (Å²) in [6.07, 6.45) is 2.78. The van der Waals surface area contributed by atoms with Crippen molar-refractivity contribution in [3.05, 3.63) is 41.7 Å². The van der Waals surface area contributed by atoms with E-state index in [0.29, 0.717) is 11.7 Å². The maximum Gasteiger partial charge on any atom is 0.244 e. The van der Waals surface area contributed by atoms with E-state index in [2.05, 4.69) is 25.5 Å². The van der Waals surface area contributed by atoms with Gasteiger partial charge in [0.15, 0.2) is 5.82 Å². The van der Waals surface area contributed by atoms with Gasteiger partial charge in [-0.1, -0.05) is 5.16 Å². The lowest BCUT2D eigenvalue weighted by atomic mass is 10.1. The first-order chi connectivity index (χ1) is 10.7. The standard InChI is InChI=1S/C15H16N6O/c1-9-7-10(2)21(19-9)13-4-3-11(8-17-13)14-18-15(22-20-14)12-5-6-16-12/h3-4,7-8,12,16H,5-6H2,1-2H3/t12-/m1/s1. The highest BCUT2D eigenvalue weighted by Gasteiger charge is 2.24. The first-order valence-electron chi connectivity index (χ1n) is 7.28. The molecular weight excluding hydrogens is 280 g/mol. The summed E-state index contributed by atoms with van der Waals surface area (Å²) in [6.45, 7) is 4.97.